The smallest absolute Gasteiger partial charge is 0.126 e. The first kappa shape index (κ1) is 11.0. The second-order valence-corrected chi connectivity index (χ2v) is 3.85. The van der Waals surface area contributed by atoms with Crippen molar-refractivity contribution < 1.29 is 4.79 Å². The molecule has 0 N–H and O–H groups in total. The maximum atomic E-state index is 11.1. The molecule has 0 saturated carbocycles. The summed E-state index contributed by atoms with van der Waals surface area (Å²) < 4.78 is 0. The number of hydrogen-bond donors (Lipinski definition) is 0. The lowest BCUT2D eigenvalue weighted by Gasteiger charge is -2.24. The lowest BCUT2D eigenvalue weighted by Crippen LogP contribution is -2.23. The predicted octanol–water partition coefficient (Wildman–Crippen LogP) is 3.23. The second-order valence-electron chi connectivity index (χ2n) is 3.85. The Morgan fingerprint density at radius 2 is 1.71 bits per heavy atom. The van der Waals surface area contributed by atoms with Crippen LogP contribution in [0.2, 0.25) is 0 Å². The van der Waals surface area contributed by atoms with E-state index in [9.17, 15) is 4.79 Å². The summed E-state index contributed by atoms with van der Waals surface area (Å²) in [5, 5.41) is 0. The maximum Gasteiger partial charge on any atom is 0.126 e. The molecule has 1 rings (SSSR count). The molecule has 0 spiro atoms. The summed E-state index contributed by atoms with van der Waals surface area (Å²) in [5.74, 6) is 0. The molecular formula is C13H18O. The quantitative estimate of drug-likeness (QED) is 0.651. The molecule has 0 heterocycles. The molecule has 1 nitrogen and oxygen atoms in total. The third-order valence-electron chi connectivity index (χ3n) is 3.06. The second kappa shape index (κ2) is 4.94. The van der Waals surface area contributed by atoms with Gasteiger partial charge in [-0.1, -0.05) is 44.2 Å². The first-order valence-electron chi connectivity index (χ1n) is 5.26. The van der Waals surface area contributed by atoms with Gasteiger partial charge in [0.1, 0.15) is 6.29 Å². The summed E-state index contributed by atoms with van der Waals surface area (Å²) in [6, 6.07) is 10.2. The van der Waals surface area contributed by atoms with Gasteiger partial charge in [-0.2, -0.15) is 0 Å². The zero-order chi connectivity index (χ0) is 10.4. The van der Waals surface area contributed by atoms with E-state index in [-0.39, 0.29) is 5.41 Å². The molecule has 0 bridgehead atoms. The van der Waals surface area contributed by atoms with Gasteiger partial charge in [-0.05, 0) is 24.8 Å². The van der Waals surface area contributed by atoms with Gasteiger partial charge >= 0.3 is 0 Å². The summed E-state index contributed by atoms with van der Waals surface area (Å²) in [7, 11) is 0. The minimum absolute atomic E-state index is 0.151. The third kappa shape index (κ3) is 2.44. The zero-order valence-electron chi connectivity index (χ0n) is 8.99. The van der Waals surface area contributed by atoms with Crippen molar-refractivity contribution in [3.8, 4) is 0 Å². The first-order valence-corrected chi connectivity index (χ1v) is 5.26. The van der Waals surface area contributed by atoms with E-state index in [0.29, 0.717) is 0 Å². The van der Waals surface area contributed by atoms with Gasteiger partial charge in [0.15, 0.2) is 0 Å². The molecule has 76 valence electrons. The summed E-state index contributed by atoms with van der Waals surface area (Å²) >= 11 is 0. The van der Waals surface area contributed by atoms with Crippen LogP contribution in [0.5, 0.6) is 0 Å². The lowest BCUT2D eigenvalue weighted by atomic mass is 9.78. The van der Waals surface area contributed by atoms with E-state index < -0.39 is 0 Å². The van der Waals surface area contributed by atoms with Gasteiger partial charge in [0.2, 0.25) is 0 Å². The van der Waals surface area contributed by atoms with E-state index in [0.717, 1.165) is 25.5 Å². The molecule has 0 aliphatic heterocycles. The van der Waals surface area contributed by atoms with Crippen LogP contribution in [0.3, 0.4) is 0 Å². The molecule has 0 aliphatic carbocycles. The molecule has 1 heteroatoms. The van der Waals surface area contributed by atoms with E-state index in [2.05, 4.69) is 26.0 Å². The van der Waals surface area contributed by atoms with Crippen molar-refractivity contribution in [3.63, 3.8) is 0 Å². The minimum Gasteiger partial charge on any atom is -0.303 e. The number of carbonyl (C=O) groups is 1. The van der Waals surface area contributed by atoms with Crippen molar-refractivity contribution in [1.29, 1.82) is 0 Å². The molecule has 0 atom stereocenters. The largest absolute Gasteiger partial charge is 0.303 e. The van der Waals surface area contributed by atoms with Gasteiger partial charge < -0.3 is 4.79 Å². The van der Waals surface area contributed by atoms with Crippen LogP contribution < -0.4 is 0 Å². The predicted molar refractivity (Wildman–Crippen MR) is 59.2 cm³/mol. The molecule has 0 aliphatic rings. The molecule has 1 aromatic rings. The molecule has 14 heavy (non-hydrogen) atoms. The highest BCUT2D eigenvalue weighted by molar-refractivity contribution is 5.60. The fraction of sp³-hybridized carbons (Fsp3) is 0.462. The van der Waals surface area contributed by atoms with Crippen LogP contribution in [-0.4, -0.2) is 6.29 Å². The Labute approximate surface area is 86.1 Å². The van der Waals surface area contributed by atoms with Gasteiger partial charge in [0.05, 0.1) is 0 Å². The van der Waals surface area contributed by atoms with Crippen molar-refractivity contribution in [1.82, 2.24) is 0 Å². The van der Waals surface area contributed by atoms with Crippen molar-refractivity contribution in [2.75, 3.05) is 0 Å². The first-order chi connectivity index (χ1) is 6.76. The monoisotopic (exact) mass is 190 g/mol. The highest BCUT2D eigenvalue weighted by Crippen LogP contribution is 2.28. The number of aldehydes is 1. The molecule has 0 saturated heterocycles. The maximum absolute atomic E-state index is 11.1. The van der Waals surface area contributed by atoms with Gasteiger partial charge in [-0.3, -0.25) is 0 Å². The Morgan fingerprint density at radius 3 is 2.14 bits per heavy atom. The normalized spacial score (nSPS) is 11.3. The Hall–Kier alpha value is -1.11. The van der Waals surface area contributed by atoms with Crippen molar-refractivity contribution in [2.45, 2.75) is 33.1 Å². The molecule has 0 amide bonds. The van der Waals surface area contributed by atoms with Crippen molar-refractivity contribution in [2.24, 2.45) is 5.41 Å². The van der Waals surface area contributed by atoms with Crippen LogP contribution in [0.25, 0.3) is 0 Å². The number of benzene rings is 1. The number of rotatable bonds is 5. The van der Waals surface area contributed by atoms with Crippen LogP contribution in [0.15, 0.2) is 30.3 Å². The minimum atomic E-state index is -0.151. The fourth-order valence-electron chi connectivity index (χ4n) is 1.71. The Bertz CT molecular complexity index is 273. The SMILES string of the molecule is CCC(C=O)(CC)Cc1ccccc1. The van der Waals surface area contributed by atoms with Gasteiger partial charge in [-0.15, -0.1) is 0 Å². The summed E-state index contributed by atoms with van der Waals surface area (Å²) in [6.07, 6.45) is 3.83. The van der Waals surface area contributed by atoms with Crippen LogP contribution in [-0.2, 0) is 11.2 Å². The van der Waals surface area contributed by atoms with Gasteiger partial charge in [0, 0.05) is 5.41 Å². The van der Waals surface area contributed by atoms with Crippen LogP contribution in [0, 0.1) is 5.41 Å². The Balaban J connectivity index is 2.79. The summed E-state index contributed by atoms with van der Waals surface area (Å²) in [5.41, 5.74) is 1.10. The molecule has 1 aromatic carbocycles. The van der Waals surface area contributed by atoms with Gasteiger partial charge in [-0.25, -0.2) is 0 Å². The standard InChI is InChI=1S/C13H18O/c1-3-13(4-2,11-14)10-12-8-6-5-7-9-12/h5-9,11H,3-4,10H2,1-2H3. The number of hydrogen-bond acceptors (Lipinski definition) is 1. The third-order valence-corrected chi connectivity index (χ3v) is 3.06. The molecular weight excluding hydrogens is 172 g/mol. The van der Waals surface area contributed by atoms with Crippen LogP contribution >= 0.6 is 0 Å². The fourth-order valence-corrected chi connectivity index (χ4v) is 1.71. The lowest BCUT2D eigenvalue weighted by molar-refractivity contribution is -0.116. The Morgan fingerprint density at radius 1 is 1.14 bits per heavy atom. The van der Waals surface area contributed by atoms with Crippen molar-refractivity contribution in [3.05, 3.63) is 35.9 Å². The summed E-state index contributed by atoms with van der Waals surface area (Å²) in [6.45, 7) is 4.17. The molecule has 0 radical (unpaired) electrons. The topological polar surface area (TPSA) is 17.1 Å². The zero-order valence-corrected chi connectivity index (χ0v) is 8.99. The van der Waals surface area contributed by atoms with E-state index in [1.54, 1.807) is 0 Å². The van der Waals surface area contributed by atoms with Crippen LogP contribution in [0.1, 0.15) is 32.3 Å². The molecule has 0 fully saturated rings. The van der Waals surface area contributed by atoms with E-state index in [1.807, 2.05) is 18.2 Å². The average molecular weight is 190 g/mol. The highest BCUT2D eigenvalue weighted by atomic mass is 16.1. The van der Waals surface area contributed by atoms with E-state index in [4.69, 9.17) is 0 Å². The summed E-state index contributed by atoms with van der Waals surface area (Å²) in [4.78, 5) is 11.1. The Kier molecular flexibility index (Phi) is 3.87. The van der Waals surface area contributed by atoms with E-state index >= 15 is 0 Å². The highest BCUT2D eigenvalue weighted by Gasteiger charge is 2.25. The van der Waals surface area contributed by atoms with E-state index in [1.165, 1.54) is 5.56 Å². The average Bonchev–Trinajstić information content (AvgIpc) is 2.28. The number of carbonyl (C=O) groups excluding carboxylic acids is 1. The van der Waals surface area contributed by atoms with Crippen molar-refractivity contribution >= 4 is 6.29 Å². The molecule has 0 unspecified atom stereocenters. The molecule has 0 aromatic heterocycles. The van der Waals surface area contributed by atoms with Gasteiger partial charge in [0.25, 0.3) is 0 Å². The van der Waals surface area contributed by atoms with Crippen LogP contribution in [0.4, 0.5) is 0 Å².